The van der Waals surface area contributed by atoms with Gasteiger partial charge in [-0.15, -0.1) is 10.2 Å². The van der Waals surface area contributed by atoms with Crippen LogP contribution in [0.25, 0.3) is 10.9 Å². The van der Waals surface area contributed by atoms with Crippen LogP contribution in [0.5, 0.6) is 0 Å². The minimum Gasteiger partial charge on any atom is -0.351 e. The number of carbonyl (C=O) groups is 1. The maximum atomic E-state index is 13.2. The Kier molecular flexibility index (Phi) is 4.64. The Morgan fingerprint density at radius 2 is 2.07 bits per heavy atom. The minimum atomic E-state index is -0.0340. The first-order valence-electron chi connectivity index (χ1n) is 10.5. The van der Waals surface area contributed by atoms with E-state index in [9.17, 15) is 4.79 Å². The summed E-state index contributed by atoms with van der Waals surface area (Å²) < 4.78 is 2.06. The van der Waals surface area contributed by atoms with E-state index < -0.39 is 0 Å². The Morgan fingerprint density at radius 1 is 1.28 bits per heavy atom. The molecule has 2 bridgehead atoms. The zero-order valence-electron chi connectivity index (χ0n) is 16.5. The third kappa shape index (κ3) is 3.45. The number of rotatable bonds is 6. The second kappa shape index (κ2) is 7.32. The highest BCUT2D eigenvalue weighted by Gasteiger charge is 2.40. The van der Waals surface area contributed by atoms with Crippen LogP contribution in [0, 0.1) is 11.3 Å². The van der Waals surface area contributed by atoms with Crippen LogP contribution in [-0.2, 0) is 13.0 Å². The molecule has 6 rings (SSSR count). The number of nitrogens with zero attached hydrogens (tertiary/aromatic N) is 4. The van der Waals surface area contributed by atoms with Gasteiger partial charge in [-0.05, 0) is 55.9 Å². The normalized spacial score (nSPS) is 23.5. The molecule has 2 heterocycles. The standard InChI is InChI=1S/C21H25BN6O/c22-16-2-1-3-17-19(16)15(12-28(17)11-7-18-24-26-27-25-18)20(29)23-13-21-8-4-14(5-9-21)6-10-21/h1-3,12,14H,4-11,13H2,(H,23,29)(H,24,25,26,27). The van der Waals surface area contributed by atoms with Crippen molar-refractivity contribution in [3.63, 3.8) is 0 Å². The third-order valence-corrected chi connectivity index (χ3v) is 7.02. The van der Waals surface area contributed by atoms with Crippen LogP contribution in [0.2, 0.25) is 0 Å². The van der Waals surface area contributed by atoms with Crippen molar-refractivity contribution in [1.29, 1.82) is 0 Å². The van der Waals surface area contributed by atoms with Crippen molar-refractivity contribution in [2.45, 2.75) is 51.5 Å². The number of tetrazole rings is 1. The number of fused-ring (bicyclic) bond motifs is 4. The Labute approximate surface area is 171 Å². The molecule has 0 atom stereocenters. The van der Waals surface area contributed by atoms with E-state index in [2.05, 4.69) is 30.5 Å². The number of aromatic nitrogens is 5. The number of aromatic amines is 1. The summed E-state index contributed by atoms with van der Waals surface area (Å²) in [5.74, 6) is 1.53. The fourth-order valence-corrected chi connectivity index (χ4v) is 5.21. The molecule has 1 amide bonds. The summed E-state index contributed by atoms with van der Waals surface area (Å²) in [6, 6.07) is 5.77. The summed E-state index contributed by atoms with van der Waals surface area (Å²) in [5, 5.41) is 18.2. The molecule has 3 aliphatic carbocycles. The predicted octanol–water partition coefficient (Wildman–Crippen LogP) is 1.89. The second-order valence-corrected chi connectivity index (χ2v) is 8.72. The summed E-state index contributed by atoms with van der Waals surface area (Å²) in [7, 11) is 6.26. The van der Waals surface area contributed by atoms with E-state index in [4.69, 9.17) is 7.85 Å². The van der Waals surface area contributed by atoms with Crippen LogP contribution in [0.15, 0.2) is 24.4 Å². The average molecular weight is 388 g/mol. The first kappa shape index (κ1) is 18.4. The van der Waals surface area contributed by atoms with Crippen molar-refractivity contribution in [3.8, 4) is 0 Å². The van der Waals surface area contributed by atoms with Crippen LogP contribution in [-0.4, -0.2) is 45.5 Å². The van der Waals surface area contributed by atoms with Gasteiger partial charge in [0.2, 0.25) is 0 Å². The smallest absolute Gasteiger partial charge is 0.253 e. The van der Waals surface area contributed by atoms with Gasteiger partial charge in [-0.2, -0.15) is 5.21 Å². The number of carbonyl (C=O) groups excluding carboxylic acids is 1. The molecule has 0 unspecified atom stereocenters. The first-order chi connectivity index (χ1) is 14.1. The maximum absolute atomic E-state index is 13.2. The van der Waals surface area contributed by atoms with E-state index in [-0.39, 0.29) is 5.91 Å². The SMILES string of the molecule is [B]c1cccc2c1c(C(=O)NCC13CCC(CC1)CC3)cn2CCc1nn[nH]n1. The Morgan fingerprint density at radius 3 is 2.79 bits per heavy atom. The summed E-state index contributed by atoms with van der Waals surface area (Å²) in [6.45, 7) is 1.42. The highest BCUT2D eigenvalue weighted by molar-refractivity contribution is 6.40. The number of hydrogen-bond donors (Lipinski definition) is 2. The van der Waals surface area contributed by atoms with E-state index in [1.165, 1.54) is 38.5 Å². The maximum Gasteiger partial charge on any atom is 0.253 e. The van der Waals surface area contributed by atoms with Crippen LogP contribution < -0.4 is 10.8 Å². The second-order valence-electron chi connectivity index (χ2n) is 8.72. The van der Waals surface area contributed by atoms with Crippen LogP contribution >= 0.6 is 0 Å². The topological polar surface area (TPSA) is 88.5 Å². The minimum absolute atomic E-state index is 0.0340. The highest BCUT2D eigenvalue weighted by atomic mass is 16.1. The number of aryl methyl sites for hydroxylation is 2. The third-order valence-electron chi connectivity index (χ3n) is 7.02. The predicted molar refractivity (Wildman–Crippen MR) is 111 cm³/mol. The van der Waals surface area contributed by atoms with E-state index in [0.29, 0.717) is 35.2 Å². The summed E-state index contributed by atoms with van der Waals surface area (Å²) >= 11 is 0. The molecule has 3 saturated carbocycles. The Balaban J connectivity index is 1.37. The van der Waals surface area contributed by atoms with Gasteiger partial charge in [-0.3, -0.25) is 4.79 Å². The zero-order valence-corrected chi connectivity index (χ0v) is 16.5. The van der Waals surface area contributed by atoms with E-state index >= 15 is 0 Å². The van der Waals surface area contributed by atoms with E-state index in [0.717, 1.165) is 23.4 Å². The number of benzene rings is 1. The molecule has 3 fully saturated rings. The van der Waals surface area contributed by atoms with Crippen LogP contribution in [0.3, 0.4) is 0 Å². The zero-order chi connectivity index (χ0) is 19.8. The average Bonchev–Trinajstić information content (AvgIpc) is 3.40. The lowest BCUT2D eigenvalue weighted by molar-refractivity contribution is 0.0598. The number of nitrogens with one attached hydrogen (secondary N) is 2. The van der Waals surface area contributed by atoms with Gasteiger partial charge in [0, 0.05) is 36.6 Å². The number of hydrogen-bond acceptors (Lipinski definition) is 4. The summed E-state index contributed by atoms with van der Waals surface area (Å²) in [6.07, 6.45) is 10.2. The largest absolute Gasteiger partial charge is 0.351 e. The molecule has 29 heavy (non-hydrogen) atoms. The summed E-state index contributed by atoms with van der Waals surface area (Å²) in [5.41, 5.74) is 2.52. The molecule has 2 aromatic heterocycles. The van der Waals surface area contributed by atoms with Crippen molar-refractivity contribution >= 4 is 30.1 Å². The van der Waals surface area contributed by atoms with Crippen molar-refractivity contribution in [2.75, 3.05) is 6.54 Å². The molecule has 0 saturated heterocycles. The van der Waals surface area contributed by atoms with Gasteiger partial charge in [0.1, 0.15) is 7.85 Å². The molecular weight excluding hydrogens is 363 g/mol. The molecule has 7 nitrogen and oxygen atoms in total. The quantitative estimate of drug-likeness (QED) is 0.632. The molecule has 148 valence electrons. The molecule has 8 heteroatoms. The molecule has 2 N–H and O–H groups in total. The number of H-pyrrole nitrogens is 1. The fourth-order valence-electron chi connectivity index (χ4n) is 5.21. The van der Waals surface area contributed by atoms with Crippen molar-refractivity contribution < 1.29 is 4.79 Å². The van der Waals surface area contributed by atoms with Crippen molar-refractivity contribution in [3.05, 3.63) is 35.8 Å². The van der Waals surface area contributed by atoms with Gasteiger partial charge < -0.3 is 9.88 Å². The first-order valence-corrected chi connectivity index (χ1v) is 10.5. The van der Waals surface area contributed by atoms with Gasteiger partial charge in [0.05, 0.1) is 5.56 Å². The lowest BCUT2D eigenvalue weighted by Gasteiger charge is -2.46. The van der Waals surface area contributed by atoms with E-state index in [1.54, 1.807) is 0 Å². The molecule has 1 aromatic carbocycles. The molecular formula is C21H25BN6O. The van der Waals surface area contributed by atoms with Gasteiger partial charge in [-0.25, -0.2) is 0 Å². The molecule has 0 aliphatic heterocycles. The lowest BCUT2D eigenvalue weighted by atomic mass is 9.61. The monoisotopic (exact) mass is 388 g/mol. The van der Waals surface area contributed by atoms with Crippen molar-refractivity contribution in [1.82, 2.24) is 30.5 Å². The fraction of sp³-hybridized carbons (Fsp3) is 0.524. The van der Waals surface area contributed by atoms with Gasteiger partial charge in [0.25, 0.3) is 5.91 Å². The molecule has 3 aromatic rings. The molecule has 3 aliphatic rings. The van der Waals surface area contributed by atoms with Gasteiger partial charge in [0.15, 0.2) is 5.82 Å². The Hall–Kier alpha value is -2.64. The Bertz CT molecular complexity index is 1010. The van der Waals surface area contributed by atoms with Gasteiger partial charge in [-0.1, -0.05) is 22.8 Å². The molecule has 0 spiro atoms. The summed E-state index contributed by atoms with van der Waals surface area (Å²) in [4.78, 5) is 13.2. The molecule has 2 radical (unpaired) electrons. The highest BCUT2D eigenvalue weighted by Crippen LogP contribution is 2.49. The lowest BCUT2D eigenvalue weighted by Crippen LogP contribution is -2.43. The number of amides is 1. The van der Waals surface area contributed by atoms with Crippen LogP contribution in [0.4, 0.5) is 0 Å². The van der Waals surface area contributed by atoms with Crippen LogP contribution in [0.1, 0.15) is 54.7 Å². The van der Waals surface area contributed by atoms with Gasteiger partial charge >= 0.3 is 0 Å². The van der Waals surface area contributed by atoms with E-state index in [1.807, 2.05) is 24.4 Å². The van der Waals surface area contributed by atoms with Crippen molar-refractivity contribution in [2.24, 2.45) is 11.3 Å².